The van der Waals surface area contributed by atoms with Crippen LogP contribution in [0.15, 0.2) is 23.1 Å². The molecule has 0 atom stereocenters. The highest BCUT2D eigenvalue weighted by atomic mass is 32.2. The van der Waals surface area contributed by atoms with Gasteiger partial charge in [-0.25, -0.2) is 13.1 Å². The molecule has 8 nitrogen and oxygen atoms in total. The number of rotatable bonds is 4. The van der Waals surface area contributed by atoms with Crippen LogP contribution >= 0.6 is 0 Å². The summed E-state index contributed by atoms with van der Waals surface area (Å²) in [5.74, 6) is 0. The number of sulfonamides is 1. The van der Waals surface area contributed by atoms with Crippen molar-refractivity contribution in [1.29, 1.82) is 5.26 Å². The van der Waals surface area contributed by atoms with E-state index in [9.17, 15) is 22.1 Å². The molecule has 1 aliphatic rings. The summed E-state index contributed by atoms with van der Waals surface area (Å²) in [5.41, 5.74) is 0.711. The number of nitriles is 1. The molecule has 2 rings (SSSR count). The van der Waals surface area contributed by atoms with Crippen LogP contribution in [0.3, 0.4) is 0 Å². The third-order valence-electron chi connectivity index (χ3n) is 3.76. The van der Waals surface area contributed by atoms with Gasteiger partial charge in [-0.1, -0.05) is 12.1 Å². The summed E-state index contributed by atoms with van der Waals surface area (Å²) in [5, 5.41) is 9.21. The molecule has 0 aromatic heterocycles. The normalized spacial score (nSPS) is 17.8. The standard InChI is InChI=1S/C13H18N4O4S2/c1-11-4-3-5-13(12(11)10-14)22(18,19)16-6-8-17(9-7-16)23(20,21)15-2/h3-5,15H,6-9H2,1-2H3. The maximum atomic E-state index is 12.7. The van der Waals surface area contributed by atoms with Gasteiger partial charge >= 0.3 is 0 Å². The Balaban J connectivity index is 2.28. The molecule has 1 aromatic rings. The number of benzene rings is 1. The van der Waals surface area contributed by atoms with Crippen molar-refractivity contribution in [2.24, 2.45) is 0 Å². The van der Waals surface area contributed by atoms with Crippen molar-refractivity contribution in [1.82, 2.24) is 13.3 Å². The first-order valence-electron chi connectivity index (χ1n) is 6.92. The second-order valence-corrected chi connectivity index (χ2v) is 8.85. The van der Waals surface area contributed by atoms with Gasteiger partial charge in [-0.05, 0) is 18.6 Å². The van der Waals surface area contributed by atoms with E-state index in [4.69, 9.17) is 0 Å². The lowest BCUT2D eigenvalue weighted by Crippen LogP contribution is -2.52. The fourth-order valence-electron chi connectivity index (χ4n) is 2.42. The van der Waals surface area contributed by atoms with Gasteiger partial charge < -0.3 is 0 Å². The van der Waals surface area contributed by atoms with Crippen LogP contribution in [-0.4, -0.2) is 58.7 Å². The first kappa shape index (κ1) is 17.8. The van der Waals surface area contributed by atoms with E-state index in [0.29, 0.717) is 5.56 Å². The Morgan fingerprint density at radius 1 is 1.09 bits per heavy atom. The van der Waals surface area contributed by atoms with Gasteiger partial charge in [0.1, 0.15) is 11.0 Å². The van der Waals surface area contributed by atoms with Crippen LogP contribution in [0.5, 0.6) is 0 Å². The number of hydrogen-bond acceptors (Lipinski definition) is 5. The SMILES string of the molecule is CNS(=O)(=O)N1CCN(S(=O)(=O)c2cccc(C)c2C#N)CC1. The minimum atomic E-state index is -3.83. The highest BCUT2D eigenvalue weighted by Crippen LogP contribution is 2.23. The number of piperazine rings is 1. The molecule has 1 aromatic carbocycles. The summed E-state index contributed by atoms with van der Waals surface area (Å²) in [7, 11) is -6.09. The fourth-order valence-corrected chi connectivity index (χ4v) is 4.96. The third-order valence-corrected chi connectivity index (χ3v) is 7.26. The zero-order valence-electron chi connectivity index (χ0n) is 12.9. The van der Waals surface area contributed by atoms with E-state index in [1.54, 1.807) is 19.1 Å². The first-order chi connectivity index (χ1) is 10.7. The van der Waals surface area contributed by atoms with Gasteiger partial charge in [-0.2, -0.15) is 22.3 Å². The van der Waals surface area contributed by atoms with Gasteiger partial charge in [-0.3, -0.25) is 0 Å². The minimum Gasteiger partial charge on any atom is -0.207 e. The molecule has 1 aliphatic heterocycles. The zero-order valence-corrected chi connectivity index (χ0v) is 14.5. The lowest BCUT2D eigenvalue weighted by molar-refractivity contribution is 0.271. The van der Waals surface area contributed by atoms with E-state index in [0.717, 1.165) is 0 Å². The topological polar surface area (TPSA) is 111 Å². The van der Waals surface area contributed by atoms with Crippen LogP contribution in [0, 0.1) is 18.3 Å². The smallest absolute Gasteiger partial charge is 0.207 e. The van der Waals surface area contributed by atoms with Gasteiger partial charge in [0.15, 0.2) is 0 Å². The van der Waals surface area contributed by atoms with Crippen LogP contribution in [0.25, 0.3) is 0 Å². The Labute approximate surface area is 136 Å². The Morgan fingerprint density at radius 2 is 1.65 bits per heavy atom. The molecule has 1 N–H and O–H groups in total. The summed E-state index contributed by atoms with van der Waals surface area (Å²) in [4.78, 5) is -0.0371. The highest BCUT2D eigenvalue weighted by Gasteiger charge is 2.33. The molecule has 0 amide bonds. The van der Waals surface area contributed by atoms with Gasteiger partial charge in [-0.15, -0.1) is 0 Å². The van der Waals surface area contributed by atoms with E-state index >= 15 is 0 Å². The molecule has 0 saturated carbocycles. The van der Waals surface area contributed by atoms with Crippen LogP contribution < -0.4 is 4.72 Å². The lowest BCUT2D eigenvalue weighted by Gasteiger charge is -2.33. The molecule has 1 fully saturated rings. The average molecular weight is 358 g/mol. The van der Waals surface area contributed by atoms with Gasteiger partial charge in [0.05, 0.1) is 5.56 Å². The Morgan fingerprint density at radius 3 is 2.17 bits per heavy atom. The summed E-state index contributed by atoms with van der Waals surface area (Å²) in [6.07, 6.45) is 0. The van der Waals surface area contributed by atoms with Crippen LogP contribution in [-0.2, 0) is 20.2 Å². The molecule has 0 aliphatic carbocycles. The molecule has 23 heavy (non-hydrogen) atoms. The largest absolute Gasteiger partial charge is 0.279 e. The number of nitrogens with zero attached hydrogens (tertiary/aromatic N) is 3. The monoisotopic (exact) mass is 358 g/mol. The predicted octanol–water partition coefficient (Wildman–Crippen LogP) is -0.363. The molecule has 126 valence electrons. The Hall–Kier alpha value is -1.51. The van der Waals surface area contributed by atoms with Crippen molar-refractivity contribution in [3.05, 3.63) is 29.3 Å². The van der Waals surface area contributed by atoms with E-state index in [1.165, 1.54) is 21.7 Å². The number of hydrogen-bond donors (Lipinski definition) is 1. The summed E-state index contributed by atoms with van der Waals surface area (Å²) >= 11 is 0. The van der Waals surface area contributed by atoms with Crippen molar-refractivity contribution in [2.75, 3.05) is 33.2 Å². The second-order valence-electron chi connectivity index (χ2n) is 5.07. The van der Waals surface area contributed by atoms with Crippen molar-refractivity contribution in [3.63, 3.8) is 0 Å². The van der Waals surface area contributed by atoms with E-state index in [1.807, 2.05) is 6.07 Å². The molecular formula is C13H18N4O4S2. The van der Waals surface area contributed by atoms with Gasteiger partial charge in [0, 0.05) is 33.2 Å². The summed E-state index contributed by atoms with van der Waals surface area (Å²) in [6, 6.07) is 6.59. The molecule has 0 bridgehead atoms. The van der Waals surface area contributed by atoms with Crippen LogP contribution in [0.1, 0.15) is 11.1 Å². The first-order valence-corrected chi connectivity index (χ1v) is 9.80. The van der Waals surface area contributed by atoms with Crippen molar-refractivity contribution < 1.29 is 16.8 Å². The van der Waals surface area contributed by atoms with E-state index in [2.05, 4.69) is 4.72 Å². The number of nitrogens with one attached hydrogen (secondary N) is 1. The summed E-state index contributed by atoms with van der Waals surface area (Å²) in [6.45, 7) is 1.89. The molecule has 0 unspecified atom stereocenters. The molecule has 10 heteroatoms. The Bertz CT molecular complexity index is 835. The minimum absolute atomic E-state index is 0.0371. The molecule has 1 saturated heterocycles. The molecule has 0 radical (unpaired) electrons. The van der Waals surface area contributed by atoms with Crippen molar-refractivity contribution >= 4 is 20.2 Å². The summed E-state index contributed by atoms with van der Waals surface area (Å²) < 4.78 is 53.5. The van der Waals surface area contributed by atoms with Gasteiger partial charge in [0.2, 0.25) is 10.0 Å². The average Bonchev–Trinajstić information content (AvgIpc) is 2.54. The molecule has 1 heterocycles. The predicted molar refractivity (Wildman–Crippen MR) is 84.2 cm³/mol. The van der Waals surface area contributed by atoms with Crippen LogP contribution in [0.4, 0.5) is 0 Å². The highest BCUT2D eigenvalue weighted by molar-refractivity contribution is 7.89. The fraction of sp³-hybridized carbons (Fsp3) is 0.462. The maximum Gasteiger partial charge on any atom is 0.279 e. The zero-order chi connectivity index (χ0) is 17.3. The maximum absolute atomic E-state index is 12.7. The quantitative estimate of drug-likeness (QED) is 0.790. The van der Waals surface area contributed by atoms with E-state index < -0.39 is 20.2 Å². The van der Waals surface area contributed by atoms with E-state index in [-0.39, 0.29) is 36.6 Å². The number of aryl methyl sites for hydroxylation is 1. The third kappa shape index (κ3) is 3.39. The second kappa shape index (κ2) is 6.54. The molecular weight excluding hydrogens is 340 g/mol. The van der Waals surface area contributed by atoms with Crippen molar-refractivity contribution in [3.8, 4) is 6.07 Å². The lowest BCUT2D eigenvalue weighted by atomic mass is 10.1. The Kier molecular flexibility index (Phi) is 5.07. The molecule has 0 spiro atoms. The van der Waals surface area contributed by atoms with Gasteiger partial charge in [0.25, 0.3) is 10.2 Å². The van der Waals surface area contributed by atoms with Crippen molar-refractivity contribution in [2.45, 2.75) is 11.8 Å². The van der Waals surface area contributed by atoms with Crippen LogP contribution in [0.2, 0.25) is 0 Å².